The fourth-order valence-electron chi connectivity index (χ4n) is 3.74. The minimum Gasteiger partial charge on any atom is -0.317 e. The number of urea groups is 1. The lowest BCUT2D eigenvalue weighted by Crippen LogP contribution is -2.34. The summed E-state index contributed by atoms with van der Waals surface area (Å²) in [6, 6.07) is 17.1. The molecule has 6 nitrogen and oxygen atoms in total. The Morgan fingerprint density at radius 1 is 1.11 bits per heavy atom. The molecule has 2 aromatic carbocycles. The van der Waals surface area contributed by atoms with Gasteiger partial charge in [0.2, 0.25) is 0 Å². The van der Waals surface area contributed by atoms with Crippen molar-refractivity contribution in [2.75, 3.05) is 18.1 Å². The van der Waals surface area contributed by atoms with Crippen LogP contribution in [0, 0.1) is 0 Å². The van der Waals surface area contributed by atoms with Crippen molar-refractivity contribution in [3.05, 3.63) is 66.4 Å². The Kier molecular flexibility index (Phi) is 4.77. The zero-order chi connectivity index (χ0) is 19.7. The molecule has 2 amide bonds. The first-order chi connectivity index (χ1) is 13.4. The molecule has 1 aromatic heterocycles. The summed E-state index contributed by atoms with van der Waals surface area (Å²) < 4.78 is 23.0. The highest BCUT2D eigenvalue weighted by molar-refractivity contribution is 7.90. The average molecular weight is 395 g/mol. The molecule has 1 aliphatic heterocycles. The first-order valence-electron chi connectivity index (χ1n) is 9.15. The largest absolute Gasteiger partial charge is 0.322 e. The van der Waals surface area contributed by atoms with E-state index in [1.807, 2.05) is 23.1 Å². The van der Waals surface area contributed by atoms with Crippen LogP contribution in [-0.4, -0.2) is 37.1 Å². The lowest BCUT2D eigenvalue weighted by molar-refractivity contribution is 0.207. The summed E-state index contributed by atoms with van der Waals surface area (Å²) in [4.78, 5) is 18.7. The Labute approximate surface area is 164 Å². The van der Waals surface area contributed by atoms with Crippen LogP contribution < -0.4 is 5.32 Å². The van der Waals surface area contributed by atoms with Gasteiger partial charge in [-0.2, -0.15) is 0 Å². The second kappa shape index (κ2) is 7.24. The maximum atomic E-state index is 12.9. The normalized spacial score (nSPS) is 17.0. The maximum absolute atomic E-state index is 12.9. The van der Waals surface area contributed by atoms with Crippen LogP contribution in [-0.2, 0) is 9.84 Å². The molecular weight excluding hydrogens is 374 g/mol. The lowest BCUT2D eigenvalue weighted by atomic mass is 9.97. The van der Waals surface area contributed by atoms with Gasteiger partial charge in [0.15, 0.2) is 14.9 Å². The van der Waals surface area contributed by atoms with Gasteiger partial charge in [0.25, 0.3) is 0 Å². The molecular formula is C21H21N3O3S. The summed E-state index contributed by atoms with van der Waals surface area (Å²) in [6.07, 6.45) is 4.32. The molecule has 28 heavy (non-hydrogen) atoms. The van der Waals surface area contributed by atoms with Gasteiger partial charge < -0.3 is 10.2 Å². The van der Waals surface area contributed by atoms with Crippen molar-refractivity contribution in [1.82, 2.24) is 9.88 Å². The van der Waals surface area contributed by atoms with E-state index in [-0.39, 0.29) is 17.1 Å². The van der Waals surface area contributed by atoms with Crippen LogP contribution in [0.4, 0.5) is 10.5 Å². The highest BCUT2D eigenvalue weighted by Crippen LogP contribution is 2.36. The predicted molar refractivity (Wildman–Crippen MR) is 109 cm³/mol. The van der Waals surface area contributed by atoms with E-state index in [1.54, 1.807) is 6.07 Å². The van der Waals surface area contributed by atoms with Gasteiger partial charge in [0.05, 0.1) is 17.9 Å². The number of rotatable bonds is 3. The van der Waals surface area contributed by atoms with E-state index < -0.39 is 9.84 Å². The van der Waals surface area contributed by atoms with Crippen LogP contribution in [0.1, 0.15) is 24.4 Å². The Bertz CT molecular complexity index is 1120. The molecule has 1 saturated heterocycles. The summed E-state index contributed by atoms with van der Waals surface area (Å²) in [5.74, 6) is 0. The Morgan fingerprint density at radius 2 is 1.89 bits per heavy atom. The third-order valence-electron chi connectivity index (χ3n) is 5.06. The van der Waals surface area contributed by atoms with Gasteiger partial charge in [-0.15, -0.1) is 0 Å². The number of carbonyl (C=O) groups excluding carboxylic acids is 1. The van der Waals surface area contributed by atoms with Crippen LogP contribution in [0.5, 0.6) is 0 Å². The maximum Gasteiger partial charge on any atom is 0.322 e. The molecule has 0 saturated carbocycles. The highest BCUT2D eigenvalue weighted by Gasteiger charge is 2.31. The predicted octanol–water partition coefficient (Wildman–Crippen LogP) is 4.01. The molecule has 1 N–H and O–H groups in total. The third kappa shape index (κ3) is 3.57. The highest BCUT2D eigenvalue weighted by atomic mass is 32.2. The zero-order valence-corrected chi connectivity index (χ0v) is 16.3. The zero-order valence-electron chi connectivity index (χ0n) is 15.5. The van der Waals surface area contributed by atoms with E-state index in [9.17, 15) is 13.2 Å². The summed E-state index contributed by atoms with van der Waals surface area (Å²) in [5, 5.41) is 5.15. The second-order valence-electron chi connectivity index (χ2n) is 7.01. The van der Waals surface area contributed by atoms with Gasteiger partial charge in [-0.25, -0.2) is 18.2 Å². The van der Waals surface area contributed by atoms with Crippen molar-refractivity contribution in [3.63, 3.8) is 0 Å². The molecule has 0 aliphatic carbocycles. The molecule has 0 unspecified atom stereocenters. The molecule has 0 bridgehead atoms. The molecule has 0 radical (unpaired) electrons. The van der Waals surface area contributed by atoms with Gasteiger partial charge in [0, 0.05) is 12.8 Å². The Balaban J connectivity index is 1.57. The SMILES string of the molecule is CS(=O)(=O)c1ccc(NC(=O)N2CCC[C@H]2c2cccc3ccccc23)cn1. The number of anilines is 1. The standard InChI is InChI=1S/C21H21N3O3S/c1-28(26,27)20-12-11-16(14-22-20)23-21(25)24-13-5-10-19(24)18-9-4-7-15-6-2-3-8-17(15)18/h2-4,6-9,11-12,14,19H,5,10,13H2,1H3,(H,23,25)/t19-/m0/s1. The number of carbonyl (C=O) groups is 1. The van der Waals surface area contributed by atoms with Crippen LogP contribution in [0.15, 0.2) is 65.8 Å². The molecule has 4 rings (SSSR count). The van der Waals surface area contributed by atoms with E-state index in [2.05, 4.69) is 34.6 Å². The van der Waals surface area contributed by atoms with Crippen LogP contribution >= 0.6 is 0 Å². The van der Waals surface area contributed by atoms with Gasteiger partial charge >= 0.3 is 6.03 Å². The van der Waals surface area contributed by atoms with Crippen molar-refractivity contribution in [2.24, 2.45) is 0 Å². The number of aromatic nitrogens is 1. The van der Waals surface area contributed by atoms with Gasteiger partial charge in [-0.3, -0.25) is 0 Å². The number of hydrogen-bond donors (Lipinski definition) is 1. The number of fused-ring (bicyclic) bond motifs is 1. The van der Waals surface area contributed by atoms with Crippen molar-refractivity contribution in [2.45, 2.75) is 23.9 Å². The summed E-state index contributed by atoms with van der Waals surface area (Å²) >= 11 is 0. The van der Waals surface area contributed by atoms with Crippen molar-refractivity contribution >= 4 is 32.3 Å². The van der Waals surface area contributed by atoms with E-state index in [0.717, 1.165) is 35.4 Å². The number of benzene rings is 2. The smallest absolute Gasteiger partial charge is 0.317 e. The number of likely N-dealkylation sites (tertiary alicyclic amines) is 1. The second-order valence-corrected chi connectivity index (χ2v) is 8.97. The number of sulfone groups is 1. The van der Waals surface area contributed by atoms with E-state index in [1.165, 1.54) is 12.3 Å². The molecule has 1 fully saturated rings. The molecule has 3 aromatic rings. The number of pyridine rings is 1. The average Bonchev–Trinajstić information content (AvgIpc) is 3.17. The topological polar surface area (TPSA) is 79.4 Å². The van der Waals surface area contributed by atoms with Gasteiger partial charge in [-0.05, 0) is 41.3 Å². The monoisotopic (exact) mass is 395 g/mol. The summed E-state index contributed by atoms with van der Waals surface area (Å²) in [7, 11) is -3.36. The molecule has 144 valence electrons. The van der Waals surface area contributed by atoms with E-state index in [0.29, 0.717) is 12.2 Å². The number of nitrogens with zero attached hydrogens (tertiary/aromatic N) is 2. The summed E-state index contributed by atoms with van der Waals surface area (Å²) in [5.41, 5.74) is 1.62. The molecule has 2 heterocycles. The molecule has 7 heteroatoms. The fourth-order valence-corrected chi connectivity index (χ4v) is 4.30. The van der Waals surface area contributed by atoms with Gasteiger partial charge in [-0.1, -0.05) is 42.5 Å². The fraction of sp³-hybridized carbons (Fsp3) is 0.238. The first-order valence-corrected chi connectivity index (χ1v) is 11.0. The van der Waals surface area contributed by atoms with E-state index in [4.69, 9.17) is 0 Å². The quantitative estimate of drug-likeness (QED) is 0.727. The van der Waals surface area contributed by atoms with Gasteiger partial charge in [0.1, 0.15) is 0 Å². The Hall–Kier alpha value is -2.93. The molecule has 0 spiro atoms. The van der Waals surface area contributed by atoms with Crippen molar-refractivity contribution in [1.29, 1.82) is 0 Å². The summed E-state index contributed by atoms with van der Waals surface area (Å²) in [6.45, 7) is 0.675. The third-order valence-corrected chi connectivity index (χ3v) is 6.06. The lowest BCUT2D eigenvalue weighted by Gasteiger charge is -2.26. The minimum absolute atomic E-state index is 0.00866. The number of hydrogen-bond acceptors (Lipinski definition) is 4. The van der Waals surface area contributed by atoms with Crippen LogP contribution in [0.2, 0.25) is 0 Å². The Morgan fingerprint density at radius 3 is 2.64 bits per heavy atom. The van der Waals surface area contributed by atoms with E-state index >= 15 is 0 Å². The number of nitrogens with one attached hydrogen (secondary N) is 1. The minimum atomic E-state index is -3.36. The molecule has 1 atom stereocenters. The molecule has 1 aliphatic rings. The first kappa shape index (κ1) is 18.4. The number of amides is 2. The van der Waals surface area contributed by atoms with Crippen molar-refractivity contribution < 1.29 is 13.2 Å². The van der Waals surface area contributed by atoms with Crippen LogP contribution in [0.3, 0.4) is 0 Å². The van der Waals surface area contributed by atoms with Crippen molar-refractivity contribution in [3.8, 4) is 0 Å². The van der Waals surface area contributed by atoms with Crippen LogP contribution in [0.25, 0.3) is 10.8 Å².